The lowest BCUT2D eigenvalue weighted by Gasteiger charge is -2.31. The van der Waals surface area contributed by atoms with Gasteiger partial charge in [0.1, 0.15) is 0 Å². The van der Waals surface area contributed by atoms with Crippen LogP contribution in [0.2, 0.25) is 0 Å². The third kappa shape index (κ3) is 1.70. The fraction of sp³-hybridized carbons (Fsp3) is 0.857. The molecule has 0 unspecified atom stereocenters. The van der Waals surface area contributed by atoms with Crippen LogP contribution in [0.4, 0.5) is 0 Å². The van der Waals surface area contributed by atoms with Gasteiger partial charge >= 0.3 is 0 Å². The summed E-state index contributed by atoms with van der Waals surface area (Å²) in [5, 5.41) is 0. The summed E-state index contributed by atoms with van der Waals surface area (Å²) in [5.41, 5.74) is 5.69. The molecule has 2 N–H and O–H groups in total. The highest BCUT2D eigenvalue weighted by atomic mass is 16.1. The lowest BCUT2D eigenvalue weighted by atomic mass is 9.97. The number of nitrogens with zero attached hydrogens (tertiary/aromatic N) is 1. The van der Waals surface area contributed by atoms with Gasteiger partial charge in [0.25, 0.3) is 0 Å². The smallest absolute Gasteiger partial charge is 0.209 e. The first-order chi connectivity index (χ1) is 4.72. The van der Waals surface area contributed by atoms with E-state index in [0.29, 0.717) is 5.92 Å². The highest BCUT2D eigenvalue weighted by Crippen LogP contribution is 2.12. The minimum absolute atomic E-state index is 0.189. The minimum Gasteiger partial charge on any atom is -0.343 e. The SMILES string of the molecule is C[C@@H]1C[C@@H](N)CN(C=O)C1. The van der Waals surface area contributed by atoms with Crippen molar-refractivity contribution in [1.82, 2.24) is 4.90 Å². The van der Waals surface area contributed by atoms with E-state index < -0.39 is 0 Å². The second-order valence-electron chi connectivity index (χ2n) is 3.16. The number of rotatable bonds is 1. The van der Waals surface area contributed by atoms with Gasteiger partial charge < -0.3 is 10.6 Å². The van der Waals surface area contributed by atoms with Crippen molar-refractivity contribution in [2.24, 2.45) is 11.7 Å². The molecule has 1 amide bonds. The molecule has 10 heavy (non-hydrogen) atoms. The largest absolute Gasteiger partial charge is 0.343 e. The van der Waals surface area contributed by atoms with Gasteiger partial charge in [-0.25, -0.2) is 0 Å². The summed E-state index contributed by atoms with van der Waals surface area (Å²) in [5.74, 6) is 0.564. The van der Waals surface area contributed by atoms with Gasteiger partial charge in [0.2, 0.25) is 6.41 Å². The van der Waals surface area contributed by atoms with Crippen molar-refractivity contribution in [3.63, 3.8) is 0 Å². The van der Waals surface area contributed by atoms with Crippen LogP contribution < -0.4 is 5.73 Å². The third-order valence-electron chi connectivity index (χ3n) is 1.87. The highest BCUT2D eigenvalue weighted by molar-refractivity contribution is 5.47. The van der Waals surface area contributed by atoms with Gasteiger partial charge in [0.15, 0.2) is 0 Å². The normalized spacial score (nSPS) is 34.0. The molecular formula is C7H14N2O. The predicted molar refractivity (Wildman–Crippen MR) is 39.4 cm³/mol. The first-order valence-electron chi connectivity index (χ1n) is 3.67. The summed E-state index contributed by atoms with van der Waals surface area (Å²) in [7, 11) is 0. The molecule has 0 aromatic carbocycles. The molecular weight excluding hydrogens is 128 g/mol. The van der Waals surface area contributed by atoms with Gasteiger partial charge in [-0.15, -0.1) is 0 Å². The monoisotopic (exact) mass is 142 g/mol. The molecule has 0 spiro atoms. The Morgan fingerprint density at radius 3 is 2.80 bits per heavy atom. The van der Waals surface area contributed by atoms with Crippen LogP contribution in [-0.4, -0.2) is 30.4 Å². The van der Waals surface area contributed by atoms with E-state index in [1.54, 1.807) is 4.90 Å². The van der Waals surface area contributed by atoms with Gasteiger partial charge in [-0.2, -0.15) is 0 Å². The van der Waals surface area contributed by atoms with Gasteiger partial charge in [-0.05, 0) is 12.3 Å². The van der Waals surface area contributed by atoms with Gasteiger partial charge in [-0.1, -0.05) is 6.92 Å². The van der Waals surface area contributed by atoms with Crippen LogP contribution in [0.3, 0.4) is 0 Å². The summed E-state index contributed by atoms with van der Waals surface area (Å²) in [6.45, 7) is 3.72. The zero-order valence-corrected chi connectivity index (χ0v) is 6.29. The molecule has 1 aliphatic rings. The van der Waals surface area contributed by atoms with Crippen LogP contribution in [-0.2, 0) is 4.79 Å². The maximum atomic E-state index is 10.3. The Kier molecular flexibility index (Phi) is 2.27. The summed E-state index contributed by atoms with van der Waals surface area (Å²) >= 11 is 0. The Balaban J connectivity index is 2.42. The lowest BCUT2D eigenvalue weighted by Crippen LogP contribution is -2.45. The zero-order chi connectivity index (χ0) is 7.56. The number of carbonyl (C=O) groups is 1. The van der Waals surface area contributed by atoms with E-state index in [9.17, 15) is 4.79 Å². The Morgan fingerprint density at radius 1 is 1.60 bits per heavy atom. The van der Waals surface area contributed by atoms with Crippen LogP contribution in [0.5, 0.6) is 0 Å². The Bertz CT molecular complexity index is 117. The van der Waals surface area contributed by atoms with E-state index in [0.717, 1.165) is 25.9 Å². The second kappa shape index (κ2) is 3.01. The quantitative estimate of drug-likeness (QED) is 0.516. The van der Waals surface area contributed by atoms with Crippen LogP contribution in [0.1, 0.15) is 13.3 Å². The molecule has 0 aromatic heterocycles. The summed E-state index contributed by atoms with van der Waals surface area (Å²) in [6.07, 6.45) is 1.93. The molecule has 58 valence electrons. The fourth-order valence-corrected chi connectivity index (χ4v) is 1.53. The van der Waals surface area contributed by atoms with Crippen molar-refractivity contribution in [1.29, 1.82) is 0 Å². The molecule has 1 aliphatic heterocycles. The van der Waals surface area contributed by atoms with Crippen molar-refractivity contribution in [3.8, 4) is 0 Å². The number of carbonyl (C=O) groups excluding carboxylic acids is 1. The number of hydrogen-bond acceptors (Lipinski definition) is 2. The number of piperidine rings is 1. The minimum atomic E-state index is 0.189. The topological polar surface area (TPSA) is 46.3 Å². The number of nitrogens with two attached hydrogens (primary N) is 1. The van der Waals surface area contributed by atoms with E-state index in [1.807, 2.05) is 0 Å². The zero-order valence-electron chi connectivity index (χ0n) is 6.29. The fourth-order valence-electron chi connectivity index (χ4n) is 1.53. The Morgan fingerprint density at radius 2 is 2.30 bits per heavy atom. The van der Waals surface area contributed by atoms with E-state index in [-0.39, 0.29) is 6.04 Å². The number of hydrogen-bond donors (Lipinski definition) is 1. The van der Waals surface area contributed by atoms with Crippen LogP contribution in [0.25, 0.3) is 0 Å². The average molecular weight is 142 g/mol. The third-order valence-corrected chi connectivity index (χ3v) is 1.87. The van der Waals surface area contributed by atoms with E-state index in [1.165, 1.54) is 0 Å². The van der Waals surface area contributed by atoms with Crippen molar-refractivity contribution in [2.75, 3.05) is 13.1 Å². The lowest BCUT2D eigenvalue weighted by molar-refractivity contribution is -0.119. The van der Waals surface area contributed by atoms with Crippen LogP contribution >= 0.6 is 0 Å². The van der Waals surface area contributed by atoms with Crippen LogP contribution in [0.15, 0.2) is 0 Å². The molecule has 3 nitrogen and oxygen atoms in total. The summed E-state index contributed by atoms with van der Waals surface area (Å²) < 4.78 is 0. The summed E-state index contributed by atoms with van der Waals surface area (Å²) in [6, 6.07) is 0.189. The van der Waals surface area contributed by atoms with Gasteiger partial charge in [0, 0.05) is 19.1 Å². The van der Waals surface area contributed by atoms with Gasteiger partial charge in [0.05, 0.1) is 0 Å². The average Bonchev–Trinajstić information content (AvgIpc) is 1.85. The molecule has 1 heterocycles. The molecule has 2 atom stereocenters. The first-order valence-corrected chi connectivity index (χ1v) is 3.67. The Hall–Kier alpha value is -0.570. The molecule has 1 fully saturated rings. The van der Waals surface area contributed by atoms with E-state index in [2.05, 4.69) is 6.92 Å². The maximum Gasteiger partial charge on any atom is 0.209 e. The maximum absolute atomic E-state index is 10.3. The summed E-state index contributed by atoms with van der Waals surface area (Å²) in [4.78, 5) is 12.1. The predicted octanol–water partition coefficient (Wildman–Crippen LogP) is -0.188. The molecule has 0 aromatic rings. The molecule has 3 heteroatoms. The standard InChI is InChI=1S/C7H14N2O/c1-6-2-7(8)4-9(3-6)5-10/h5-7H,2-4,8H2,1H3/t6-,7-/m1/s1. The van der Waals surface area contributed by atoms with Crippen molar-refractivity contribution in [2.45, 2.75) is 19.4 Å². The molecule has 1 rings (SSSR count). The molecule has 1 saturated heterocycles. The van der Waals surface area contributed by atoms with Crippen molar-refractivity contribution < 1.29 is 4.79 Å². The molecule has 0 radical (unpaired) electrons. The molecule has 0 bridgehead atoms. The number of likely N-dealkylation sites (tertiary alicyclic amines) is 1. The number of amides is 1. The van der Waals surface area contributed by atoms with E-state index >= 15 is 0 Å². The van der Waals surface area contributed by atoms with Crippen molar-refractivity contribution in [3.05, 3.63) is 0 Å². The molecule has 0 saturated carbocycles. The van der Waals surface area contributed by atoms with E-state index in [4.69, 9.17) is 5.73 Å². The molecule has 0 aliphatic carbocycles. The van der Waals surface area contributed by atoms with Gasteiger partial charge in [-0.3, -0.25) is 4.79 Å². The highest BCUT2D eigenvalue weighted by Gasteiger charge is 2.20. The second-order valence-corrected chi connectivity index (χ2v) is 3.16. The van der Waals surface area contributed by atoms with Crippen molar-refractivity contribution >= 4 is 6.41 Å². The first kappa shape index (κ1) is 7.54. The van der Waals surface area contributed by atoms with Crippen LogP contribution in [0, 0.1) is 5.92 Å². The Labute approximate surface area is 61.2 Å².